The third kappa shape index (κ3) is 6.96. The summed E-state index contributed by atoms with van der Waals surface area (Å²) >= 11 is 1.69. The summed E-state index contributed by atoms with van der Waals surface area (Å²) in [6.45, 7) is 2.74. The molecule has 5 nitrogen and oxygen atoms in total. The maximum Gasteiger partial charge on any atom is 0.225 e. The van der Waals surface area contributed by atoms with Crippen LogP contribution in [-0.2, 0) is 10.5 Å². The van der Waals surface area contributed by atoms with Crippen LogP contribution in [0.5, 0.6) is 11.5 Å². The molecule has 1 heterocycles. The number of rotatable bonds is 11. The van der Waals surface area contributed by atoms with Crippen LogP contribution in [0.15, 0.2) is 42.6 Å². The van der Waals surface area contributed by atoms with Crippen molar-refractivity contribution in [3.8, 4) is 11.5 Å². The van der Waals surface area contributed by atoms with Gasteiger partial charge in [-0.3, -0.25) is 9.78 Å². The van der Waals surface area contributed by atoms with Gasteiger partial charge in [-0.2, -0.15) is 11.8 Å². The van der Waals surface area contributed by atoms with Gasteiger partial charge in [0.25, 0.3) is 0 Å². The van der Waals surface area contributed by atoms with Crippen LogP contribution in [0, 0.1) is 0 Å². The van der Waals surface area contributed by atoms with Gasteiger partial charge in [0.15, 0.2) is 0 Å². The number of pyridine rings is 1. The fourth-order valence-corrected chi connectivity index (χ4v) is 3.08. The first-order valence-electron chi connectivity index (χ1n) is 8.81. The molecule has 0 unspecified atom stereocenters. The lowest BCUT2D eigenvalue weighted by Gasteiger charge is -2.14. The van der Waals surface area contributed by atoms with Gasteiger partial charge in [0, 0.05) is 30.2 Å². The van der Waals surface area contributed by atoms with Crippen LogP contribution in [0.3, 0.4) is 0 Å². The standard InChI is InChI=1S/C20H26N2O3S/c1-3-4-12-25-19-9-8-17(24-2)14-18(19)22-20(23)10-13-26-15-16-7-5-6-11-21-16/h5-9,11,14H,3-4,10,12-13,15H2,1-2H3,(H,22,23). The number of amides is 1. The van der Waals surface area contributed by atoms with Gasteiger partial charge in [0.1, 0.15) is 11.5 Å². The highest BCUT2D eigenvalue weighted by molar-refractivity contribution is 7.98. The van der Waals surface area contributed by atoms with Crippen LogP contribution < -0.4 is 14.8 Å². The molecule has 1 aromatic heterocycles. The van der Waals surface area contributed by atoms with E-state index in [0.29, 0.717) is 30.2 Å². The van der Waals surface area contributed by atoms with Crippen molar-refractivity contribution in [3.63, 3.8) is 0 Å². The zero-order valence-electron chi connectivity index (χ0n) is 15.4. The molecular formula is C20H26N2O3S. The van der Waals surface area contributed by atoms with E-state index in [1.807, 2.05) is 30.3 Å². The molecule has 0 radical (unpaired) electrons. The second kappa shape index (κ2) is 11.4. The molecule has 1 aromatic carbocycles. The molecule has 0 fully saturated rings. The minimum Gasteiger partial charge on any atom is -0.497 e. The van der Waals surface area contributed by atoms with Gasteiger partial charge in [-0.05, 0) is 30.7 Å². The number of hydrogen-bond acceptors (Lipinski definition) is 5. The van der Waals surface area contributed by atoms with Crippen molar-refractivity contribution in [2.24, 2.45) is 0 Å². The van der Waals surface area contributed by atoms with E-state index in [2.05, 4.69) is 17.2 Å². The fraction of sp³-hybridized carbons (Fsp3) is 0.400. The average molecular weight is 375 g/mol. The fourth-order valence-electron chi connectivity index (χ4n) is 2.22. The number of thioether (sulfide) groups is 1. The van der Waals surface area contributed by atoms with Crippen molar-refractivity contribution < 1.29 is 14.3 Å². The lowest BCUT2D eigenvalue weighted by Crippen LogP contribution is -2.13. The van der Waals surface area contributed by atoms with Crippen molar-refractivity contribution in [2.45, 2.75) is 31.9 Å². The summed E-state index contributed by atoms with van der Waals surface area (Å²) < 4.78 is 11.0. The monoisotopic (exact) mass is 374 g/mol. The molecule has 0 bridgehead atoms. The van der Waals surface area contributed by atoms with E-state index in [4.69, 9.17) is 9.47 Å². The van der Waals surface area contributed by atoms with Gasteiger partial charge in [-0.15, -0.1) is 0 Å². The van der Waals surface area contributed by atoms with E-state index in [9.17, 15) is 4.79 Å². The molecule has 140 valence electrons. The number of nitrogens with zero attached hydrogens (tertiary/aromatic N) is 1. The first-order valence-corrected chi connectivity index (χ1v) is 9.96. The molecule has 0 saturated carbocycles. The number of nitrogens with one attached hydrogen (secondary N) is 1. The molecule has 6 heteroatoms. The first kappa shape index (κ1) is 20.1. The number of hydrogen-bond donors (Lipinski definition) is 1. The summed E-state index contributed by atoms with van der Waals surface area (Å²) in [5, 5.41) is 2.94. The molecule has 2 aromatic rings. The topological polar surface area (TPSA) is 60.5 Å². The summed E-state index contributed by atoms with van der Waals surface area (Å²) in [7, 11) is 1.60. The number of carbonyl (C=O) groups is 1. The van der Waals surface area contributed by atoms with Crippen molar-refractivity contribution in [2.75, 3.05) is 24.8 Å². The summed E-state index contributed by atoms with van der Waals surface area (Å²) in [4.78, 5) is 16.5. The SMILES string of the molecule is CCCCOc1ccc(OC)cc1NC(=O)CCSCc1ccccn1. The van der Waals surface area contributed by atoms with Gasteiger partial charge in [-0.25, -0.2) is 0 Å². The Labute approximate surface area is 159 Å². The van der Waals surface area contributed by atoms with E-state index in [-0.39, 0.29) is 5.91 Å². The smallest absolute Gasteiger partial charge is 0.225 e. The van der Waals surface area contributed by atoms with Crippen molar-refractivity contribution >= 4 is 23.4 Å². The number of unbranched alkanes of at least 4 members (excludes halogenated alkanes) is 1. The zero-order chi connectivity index (χ0) is 18.6. The summed E-state index contributed by atoms with van der Waals surface area (Å²) in [6.07, 6.45) is 4.25. The minimum absolute atomic E-state index is 0.0351. The van der Waals surface area contributed by atoms with E-state index < -0.39 is 0 Å². The van der Waals surface area contributed by atoms with Gasteiger partial charge in [-0.1, -0.05) is 19.4 Å². The van der Waals surface area contributed by atoms with Crippen LogP contribution in [0.4, 0.5) is 5.69 Å². The Balaban J connectivity index is 1.84. The van der Waals surface area contributed by atoms with Crippen molar-refractivity contribution in [1.82, 2.24) is 4.98 Å². The predicted molar refractivity (Wildman–Crippen MR) is 107 cm³/mol. The Morgan fingerprint density at radius 2 is 2.15 bits per heavy atom. The van der Waals surface area contributed by atoms with Crippen molar-refractivity contribution in [1.29, 1.82) is 0 Å². The van der Waals surface area contributed by atoms with E-state index >= 15 is 0 Å². The van der Waals surface area contributed by atoms with Gasteiger partial charge in [0.2, 0.25) is 5.91 Å². The van der Waals surface area contributed by atoms with Crippen LogP contribution >= 0.6 is 11.8 Å². The molecule has 26 heavy (non-hydrogen) atoms. The van der Waals surface area contributed by atoms with Crippen LogP contribution in [0.1, 0.15) is 31.9 Å². The van der Waals surface area contributed by atoms with Crippen LogP contribution in [0.2, 0.25) is 0 Å². The normalized spacial score (nSPS) is 10.4. The van der Waals surface area contributed by atoms with Crippen LogP contribution in [0.25, 0.3) is 0 Å². The number of ether oxygens (including phenoxy) is 2. The number of methoxy groups -OCH3 is 1. The molecule has 0 saturated heterocycles. The second-order valence-corrected chi connectivity index (χ2v) is 6.84. The Morgan fingerprint density at radius 3 is 2.88 bits per heavy atom. The van der Waals surface area contributed by atoms with Gasteiger partial charge >= 0.3 is 0 Å². The molecule has 0 atom stereocenters. The molecular weight excluding hydrogens is 348 g/mol. The summed E-state index contributed by atoms with van der Waals surface area (Å²) in [5.74, 6) is 2.87. The quantitative estimate of drug-likeness (QED) is 0.586. The molecule has 1 amide bonds. The van der Waals surface area contributed by atoms with Gasteiger partial charge in [0.05, 0.1) is 25.1 Å². The highest BCUT2D eigenvalue weighted by atomic mass is 32.2. The van der Waals surface area contributed by atoms with Gasteiger partial charge < -0.3 is 14.8 Å². The largest absolute Gasteiger partial charge is 0.497 e. The van der Waals surface area contributed by atoms with Crippen LogP contribution in [-0.4, -0.2) is 30.4 Å². The summed E-state index contributed by atoms with van der Waals surface area (Å²) in [5.41, 5.74) is 1.68. The maximum absolute atomic E-state index is 12.3. The third-order valence-corrected chi connectivity index (χ3v) is 4.66. The number of aromatic nitrogens is 1. The van der Waals surface area contributed by atoms with E-state index in [0.717, 1.165) is 30.0 Å². The third-order valence-electron chi connectivity index (χ3n) is 3.67. The first-order chi connectivity index (χ1) is 12.7. The molecule has 1 N–H and O–H groups in total. The summed E-state index contributed by atoms with van der Waals surface area (Å²) in [6, 6.07) is 11.3. The highest BCUT2D eigenvalue weighted by Crippen LogP contribution is 2.29. The second-order valence-electron chi connectivity index (χ2n) is 5.74. The Bertz CT molecular complexity index is 680. The van der Waals surface area contributed by atoms with E-state index in [1.54, 1.807) is 31.1 Å². The highest BCUT2D eigenvalue weighted by Gasteiger charge is 2.10. The Kier molecular flexibility index (Phi) is 8.83. The number of anilines is 1. The Morgan fingerprint density at radius 1 is 1.27 bits per heavy atom. The number of benzene rings is 1. The molecule has 2 rings (SSSR count). The maximum atomic E-state index is 12.3. The number of carbonyl (C=O) groups excluding carboxylic acids is 1. The molecule has 0 aliphatic heterocycles. The zero-order valence-corrected chi connectivity index (χ0v) is 16.2. The average Bonchev–Trinajstić information content (AvgIpc) is 2.67. The van der Waals surface area contributed by atoms with Crippen molar-refractivity contribution in [3.05, 3.63) is 48.3 Å². The molecule has 0 aliphatic rings. The Hall–Kier alpha value is -2.21. The molecule has 0 spiro atoms. The predicted octanol–water partition coefficient (Wildman–Crippen LogP) is 4.53. The minimum atomic E-state index is -0.0351. The van der Waals surface area contributed by atoms with E-state index in [1.165, 1.54) is 0 Å². The lowest BCUT2D eigenvalue weighted by atomic mass is 10.2. The molecule has 0 aliphatic carbocycles. The lowest BCUT2D eigenvalue weighted by molar-refractivity contribution is -0.115.